The molecule has 0 bridgehead atoms. The van der Waals surface area contributed by atoms with Crippen LogP contribution in [0.15, 0.2) is 29.2 Å². The van der Waals surface area contributed by atoms with Crippen LogP contribution in [0.4, 0.5) is 0 Å². The van der Waals surface area contributed by atoms with Crippen LogP contribution in [0.2, 0.25) is 0 Å². The summed E-state index contributed by atoms with van der Waals surface area (Å²) in [6.07, 6.45) is 0. The van der Waals surface area contributed by atoms with Gasteiger partial charge >= 0.3 is 0 Å². The van der Waals surface area contributed by atoms with Gasteiger partial charge in [0, 0.05) is 0 Å². The molecule has 1 rings (SSSR count). The molecule has 0 fully saturated rings. The molecule has 5 nitrogen and oxygen atoms in total. The SMILES string of the molecule is Cc1ccc(S(=O)(=O)NCC(=O)[O-])cc1. The molecule has 1 aromatic rings. The number of nitrogens with one attached hydrogen (secondary N) is 1. The normalized spacial score (nSPS) is 11.3. The van der Waals surface area contributed by atoms with E-state index in [2.05, 4.69) is 0 Å². The van der Waals surface area contributed by atoms with E-state index in [0.29, 0.717) is 0 Å². The predicted octanol–water partition coefficient (Wildman–Crippen LogP) is -0.977. The fraction of sp³-hybridized carbons (Fsp3) is 0.222. The zero-order chi connectivity index (χ0) is 11.5. The summed E-state index contributed by atoms with van der Waals surface area (Å²) >= 11 is 0. The summed E-state index contributed by atoms with van der Waals surface area (Å²) in [5, 5.41) is 10.1. The Morgan fingerprint density at radius 1 is 1.33 bits per heavy atom. The molecule has 0 saturated carbocycles. The Balaban J connectivity index is 2.87. The van der Waals surface area contributed by atoms with Gasteiger partial charge in [-0.3, -0.25) is 0 Å². The Labute approximate surface area is 87.8 Å². The number of carboxylic acids is 1. The van der Waals surface area contributed by atoms with Crippen LogP contribution in [-0.2, 0) is 14.8 Å². The van der Waals surface area contributed by atoms with Crippen molar-refractivity contribution in [2.24, 2.45) is 0 Å². The number of carbonyl (C=O) groups is 1. The van der Waals surface area contributed by atoms with Gasteiger partial charge in [0.2, 0.25) is 10.0 Å². The van der Waals surface area contributed by atoms with E-state index < -0.39 is 22.5 Å². The van der Waals surface area contributed by atoms with Gasteiger partial charge in [0.05, 0.1) is 17.4 Å². The van der Waals surface area contributed by atoms with Gasteiger partial charge in [-0.05, 0) is 19.1 Å². The van der Waals surface area contributed by atoms with Crippen molar-refractivity contribution in [1.29, 1.82) is 0 Å². The third kappa shape index (κ3) is 3.34. The lowest BCUT2D eigenvalue weighted by molar-refractivity contribution is -0.303. The second-order valence-corrected chi connectivity index (χ2v) is 4.78. The van der Waals surface area contributed by atoms with Gasteiger partial charge in [0.15, 0.2) is 0 Å². The summed E-state index contributed by atoms with van der Waals surface area (Å²) in [6, 6.07) is 6.08. The molecule has 0 atom stereocenters. The third-order valence-corrected chi connectivity index (χ3v) is 3.15. The van der Waals surface area contributed by atoms with E-state index in [-0.39, 0.29) is 4.90 Å². The van der Waals surface area contributed by atoms with Crippen LogP contribution in [-0.4, -0.2) is 20.9 Å². The van der Waals surface area contributed by atoms with E-state index in [9.17, 15) is 18.3 Å². The summed E-state index contributed by atoms with van der Waals surface area (Å²) < 4.78 is 24.8. The van der Waals surface area contributed by atoms with E-state index in [1.165, 1.54) is 12.1 Å². The molecule has 15 heavy (non-hydrogen) atoms. The minimum Gasteiger partial charge on any atom is -0.549 e. The van der Waals surface area contributed by atoms with Gasteiger partial charge in [0.25, 0.3) is 0 Å². The summed E-state index contributed by atoms with van der Waals surface area (Å²) in [6.45, 7) is 1.10. The number of carbonyl (C=O) groups excluding carboxylic acids is 1. The van der Waals surface area contributed by atoms with E-state index >= 15 is 0 Å². The van der Waals surface area contributed by atoms with Gasteiger partial charge in [-0.15, -0.1) is 0 Å². The molecule has 0 aliphatic heterocycles. The first-order valence-electron chi connectivity index (χ1n) is 4.18. The number of sulfonamides is 1. The number of aliphatic carboxylic acids is 1. The summed E-state index contributed by atoms with van der Waals surface area (Å²) in [7, 11) is -3.74. The van der Waals surface area contributed by atoms with Crippen molar-refractivity contribution in [3.63, 3.8) is 0 Å². The van der Waals surface area contributed by atoms with Crippen LogP contribution >= 0.6 is 0 Å². The first-order valence-corrected chi connectivity index (χ1v) is 5.66. The molecule has 1 aromatic carbocycles. The molecule has 1 N–H and O–H groups in total. The summed E-state index contributed by atoms with van der Waals surface area (Å²) in [4.78, 5) is 10.1. The van der Waals surface area contributed by atoms with E-state index in [4.69, 9.17) is 0 Å². The highest BCUT2D eigenvalue weighted by molar-refractivity contribution is 7.89. The monoisotopic (exact) mass is 228 g/mol. The highest BCUT2D eigenvalue weighted by Crippen LogP contribution is 2.09. The Bertz CT molecular complexity index is 450. The van der Waals surface area contributed by atoms with Crippen molar-refractivity contribution >= 4 is 16.0 Å². The van der Waals surface area contributed by atoms with Crippen molar-refractivity contribution in [2.45, 2.75) is 11.8 Å². The first-order chi connectivity index (χ1) is 6.92. The lowest BCUT2D eigenvalue weighted by Gasteiger charge is -2.07. The molecule has 0 amide bonds. The highest BCUT2D eigenvalue weighted by Gasteiger charge is 2.12. The summed E-state index contributed by atoms with van der Waals surface area (Å²) in [5.41, 5.74) is 0.925. The van der Waals surface area contributed by atoms with E-state index in [1.54, 1.807) is 12.1 Å². The minimum absolute atomic E-state index is 0.0364. The standard InChI is InChI=1S/C9H11NO4S/c1-7-2-4-8(5-3-7)15(13,14)10-6-9(11)12/h2-5,10H,6H2,1H3,(H,11,12)/p-1. The first kappa shape index (κ1) is 11.7. The van der Waals surface area contributed by atoms with Crippen LogP contribution in [0, 0.1) is 6.92 Å². The number of hydrogen-bond acceptors (Lipinski definition) is 4. The fourth-order valence-corrected chi connectivity index (χ4v) is 1.92. The molecule has 0 aliphatic rings. The second kappa shape index (κ2) is 4.41. The smallest absolute Gasteiger partial charge is 0.240 e. The van der Waals surface area contributed by atoms with Crippen LogP contribution in [0.3, 0.4) is 0 Å². The van der Waals surface area contributed by atoms with Crippen LogP contribution in [0.5, 0.6) is 0 Å². The van der Waals surface area contributed by atoms with Crippen molar-refractivity contribution in [3.05, 3.63) is 29.8 Å². The molecule has 0 saturated heterocycles. The quantitative estimate of drug-likeness (QED) is 0.718. The van der Waals surface area contributed by atoms with E-state index in [0.717, 1.165) is 5.56 Å². The topological polar surface area (TPSA) is 86.3 Å². The molecular formula is C9H10NO4S-. The molecule has 0 aromatic heterocycles. The second-order valence-electron chi connectivity index (χ2n) is 3.01. The van der Waals surface area contributed by atoms with Gasteiger partial charge < -0.3 is 9.90 Å². The average Bonchev–Trinajstić information content (AvgIpc) is 2.16. The Morgan fingerprint density at radius 3 is 2.33 bits per heavy atom. The average molecular weight is 228 g/mol. The Morgan fingerprint density at radius 2 is 1.87 bits per heavy atom. The predicted molar refractivity (Wildman–Crippen MR) is 51.4 cm³/mol. The van der Waals surface area contributed by atoms with Gasteiger partial charge in [-0.2, -0.15) is 0 Å². The molecule has 0 unspecified atom stereocenters. The van der Waals surface area contributed by atoms with Crippen LogP contribution < -0.4 is 9.83 Å². The van der Waals surface area contributed by atoms with Crippen LogP contribution in [0.1, 0.15) is 5.56 Å². The number of aryl methyl sites for hydroxylation is 1. The summed E-state index contributed by atoms with van der Waals surface area (Å²) in [5.74, 6) is -1.47. The molecular weight excluding hydrogens is 218 g/mol. The van der Waals surface area contributed by atoms with E-state index in [1.807, 2.05) is 11.6 Å². The Kier molecular flexibility index (Phi) is 3.43. The number of carboxylic acid groups (broad SMARTS) is 1. The lowest BCUT2D eigenvalue weighted by Crippen LogP contribution is -2.37. The number of benzene rings is 1. The molecule has 0 radical (unpaired) electrons. The zero-order valence-corrected chi connectivity index (χ0v) is 8.87. The van der Waals surface area contributed by atoms with Crippen molar-refractivity contribution in [1.82, 2.24) is 4.72 Å². The third-order valence-electron chi connectivity index (χ3n) is 1.74. The fourth-order valence-electron chi connectivity index (χ4n) is 0.955. The molecule has 6 heteroatoms. The minimum atomic E-state index is -3.74. The number of hydrogen-bond donors (Lipinski definition) is 1. The molecule has 0 aliphatic carbocycles. The maximum absolute atomic E-state index is 11.4. The maximum atomic E-state index is 11.4. The van der Waals surface area contributed by atoms with Gasteiger partial charge in [-0.25, -0.2) is 13.1 Å². The van der Waals surface area contributed by atoms with Crippen molar-refractivity contribution in [3.8, 4) is 0 Å². The molecule has 0 heterocycles. The Hall–Kier alpha value is -1.40. The zero-order valence-electron chi connectivity index (χ0n) is 8.06. The van der Waals surface area contributed by atoms with Crippen molar-refractivity contribution < 1.29 is 18.3 Å². The van der Waals surface area contributed by atoms with Crippen LogP contribution in [0.25, 0.3) is 0 Å². The number of rotatable bonds is 4. The molecule has 0 spiro atoms. The van der Waals surface area contributed by atoms with Gasteiger partial charge in [0.1, 0.15) is 0 Å². The van der Waals surface area contributed by atoms with Gasteiger partial charge in [-0.1, -0.05) is 17.7 Å². The van der Waals surface area contributed by atoms with Crippen molar-refractivity contribution in [2.75, 3.05) is 6.54 Å². The maximum Gasteiger partial charge on any atom is 0.240 e. The molecule has 82 valence electrons. The largest absolute Gasteiger partial charge is 0.549 e. The highest BCUT2D eigenvalue weighted by atomic mass is 32.2. The lowest BCUT2D eigenvalue weighted by atomic mass is 10.2.